The van der Waals surface area contributed by atoms with Gasteiger partial charge in [-0.1, -0.05) is 66.2 Å². The standard InChI is InChI=1S/C25H25ClN4O2S/c1-18-8-7-11-22(16-18)33(31,32)28-25(29(2)3)30-17-23(19-9-5-4-6-10-19)24(27-30)20-12-14-21(26)15-13-20/h4-16,23H,17H2,1-3H3/b28-25-. The Morgan fingerprint density at radius 2 is 1.73 bits per heavy atom. The second kappa shape index (κ2) is 9.37. The molecule has 0 spiro atoms. The predicted octanol–water partition coefficient (Wildman–Crippen LogP) is 4.76. The Kier molecular flexibility index (Phi) is 6.54. The molecule has 0 N–H and O–H groups in total. The van der Waals surface area contributed by atoms with Gasteiger partial charge in [0.2, 0.25) is 5.96 Å². The highest BCUT2D eigenvalue weighted by molar-refractivity contribution is 7.90. The molecule has 0 saturated carbocycles. The number of benzene rings is 3. The molecule has 3 aromatic rings. The van der Waals surface area contributed by atoms with Gasteiger partial charge in [-0.15, -0.1) is 4.40 Å². The Hall–Kier alpha value is -3.16. The molecule has 4 rings (SSSR count). The van der Waals surface area contributed by atoms with Crippen LogP contribution in [0.2, 0.25) is 5.02 Å². The molecule has 33 heavy (non-hydrogen) atoms. The maximum absolute atomic E-state index is 13.1. The Bertz CT molecular complexity index is 1300. The van der Waals surface area contributed by atoms with Crippen LogP contribution in [-0.4, -0.2) is 50.6 Å². The lowest BCUT2D eigenvalue weighted by Gasteiger charge is -2.23. The lowest BCUT2D eigenvalue weighted by molar-refractivity contribution is 0.404. The van der Waals surface area contributed by atoms with Crippen LogP contribution in [0, 0.1) is 6.92 Å². The molecule has 3 aromatic carbocycles. The lowest BCUT2D eigenvalue weighted by Crippen LogP contribution is -2.37. The summed E-state index contributed by atoms with van der Waals surface area (Å²) in [7, 11) is -0.393. The number of hydrogen-bond donors (Lipinski definition) is 0. The number of nitrogens with zero attached hydrogens (tertiary/aromatic N) is 4. The molecule has 0 amide bonds. The van der Waals surface area contributed by atoms with Crippen LogP contribution in [-0.2, 0) is 10.0 Å². The van der Waals surface area contributed by atoms with Crippen molar-refractivity contribution in [3.8, 4) is 0 Å². The molecule has 1 aliphatic rings. The van der Waals surface area contributed by atoms with Crippen molar-refractivity contribution in [2.45, 2.75) is 17.7 Å². The summed E-state index contributed by atoms with van der Waals surface area (Å²) in [6.45, 7) is 2.31. The van der Waals surface area contributed by atoms with Crippen molar-refractivity contribution in [1.29, 1.82) is 0 Å². The van der Waals surface area contributed by atoms with E-state index >= 15 is 0 Å². The summed E-state index contributed by atoms with van der Waals surface area (Å²) in [6, 6.07) is 24.3. The third kappa shape index (κ3) is 5.10. The number of guanidine groups is 1. The summed E-state index contributed by atoms with van der Waals surface area (Å²) < 4.78 is 30.4. The van der Waals surface area contributed by atoms with Gasteiger partial charge in [-0.25, -0.2) is 5.01 Å². The van der Waals surface area contributed by atoms with Crippen molar-refractivity contribution in [1.82, 2.24) is 9.91 Å². The van der Waals surface area contributed by atoms with Gasteiger partial charge in [-0.3, -0.25) is 0 Å². The summed E-state index contributed by atoms with van der Waals surface area (Å²) in [4.78, 5) is 1.83. The first-order chi connectivity index (χ1) is 15.7. The summed E-state index contributed by atoms with van der Waals surface area (Å²) in [5.41, 5.74) is 3.70. The van der Waals surface area contributed by atoms with Crippen molar-refractivity contribution in [2.75, 3.05) is 20.6 Å². The van der Waals surface area contributed by atoms with Gasteiger partial charge < -0.3 is 4.90 Å². The zero-order valence-electron chi connectivity index (χ0n) is 18.7. The first-order valence-electron chi connectivity index (χ1n) is 10.5. The quantitative estimate of drug-likeness (QED) is 0.399. The van der Waals surface area contributed by atoms with Gasteiger partial charge in [0, 0.05) is 25.0 Å². The second-order valence-corrected chi connectivity index (χ2v) is 10.2. The lowest BCUT2D eigenvalue weighted by atomic mass is 9.91. The summed E-state index contributed by atoms with van der Waals surface area (Å²) >= 11 is 6.09. The van der Waals surface area contributed by atoms with E-state index in [0.29, 0.717) is 11.6 Å². The molecule has 0 saturated heterocycles. The van der Waals surface area contributed by atoms with Crippen LogP contribution in [0.25, 0.3) is 0 Å². The molecule has 0 radical (unpaired) electrons. The van der Waals surface area contributed by atoms with Crippen LogP contribution in [0.3, 0.4) is 0 Å². The van der Waals surface area contributed by atoms with E-state index in [1.807, 2.05) is 55.5 Å². The van der Waals surface area contributed by atoms with E-state index in [0.717, 1.165) is 22.4 Å². The molecule has 0 aliphatic carbocycles. The highest BCUT2D eigenvalue weighted by Gasteiger charge is 2.33. The largest absolute Gasteiger partial charge is 0.347 e. The highest BCUT2D eigenvalue weighted by Crippen LogP contribution is 2.30. The fraction of sp³-hybridized carbons (Fsp3) is 0.200. The molecule has 1 atom stereocenters. The fourth-order valence-corrected chi connectivity index (χ4v) is 5.04. The number of rotatable bonds is 4. The molecule has 1 aliphatic heterocycles. The van der Waals surface area contributed by atoms with E-state index in [9.17, 15) is 8.42 Å². The van der Waals surface area contributed by atoms with Gasteiger partial charge in [0.1, 0.15) is 0 Å². The van der Waals surface area contributed by atoms with Crippen LogP contribution in [0.1, 0.15) is 22.6 Å². The third-order valence-corrected chi connectivity index (χ3v) is 6.88. The van der Waals surface area contributed by atoms with E-state index in [-0.39, 0.29) is 16.8 Å². The summed E-state index contributed by atoms with van der Waals surface area (Å²) in [5.74, 6) is 0.195. The normalized spacial score (nSPS) is 16.6. The molecule has 1 heterocycles. The van der Waals surface area contributed by atoms with Crippen LogP contribution >= 0.6 is 11.6 Å². The first-order valence-corrected chi connectivity index (χ1v) is 12.3. The van der Waals surface area contributed by atoms with Crippen molar-refractivity contribution in [2.24, 2.45) is 9.50 Å². The first kappa shape index (κ1) is 23.0. The Labute approximate surface area is 199 Å². The van der Waals surface area contributed by atoms with Crippen LogP contribution in [0.4, 0.5) is 0 Å². The van der Waals surface area contributed by atoms with Gasteiger partial charge in [0.15, 0.2) is 0 Å². The molecule has 6 nitrogen and oxygen atoms in total. The van der Waals surface area contributed by atoms with Gasteiger partial charge >= 0.3 is 0 Å². The summed E-state index contributed by atoms with van der Waals surface area (Å²) in [6.07, 6.45) is 0. The van der Waals surface area contributed by atoms with Crippen LogP contribution in [0.5, 0.6) is 0 Å². The van der Waals surface area contributed by atoms with Crippen molar-refractivity contribution in [3.63, 3.8) is 0 Å². The molecule has 170 valence electrons. The SMILES string of the molecule is Cc1cccc(S(=O)(=O)/N=C(/N(C)C)N2CC(c3ccccc3)C(c3ccc(Cl)cc3)=N2)c1. The van der Waals surface area contributed by atoms with Gasteiger partial charge in [-0.05, 0) is 47.9 Å². The minimum absolute atomic E-state index is 0.0563. The van der Waals surface area contributed by atoms with Gasteiger partial charge in [0.25, 0.3) is 10.0 Å². The minimum Gasteiger partial charge on any atom is -0.347 e. The molecule has 0 bridgehead atoms. The van der Waals surface area contributed by atoms with Crippen molar-refractivity contribution >= 4 is 33.3 Å². The Morgan fingerprint density at radius 3 is 2.36 bits per heavy atom. The molecular formula is C25H25ClN4O2S. The fourth-order valence-electron chi connectivity index (χ4n) is 3.75. The van der Waals surface area contributed by atoms with E-state index in [4.69, 9.17) is 16.7 Å². The van der Waals surface area contributed by atoms with Crippen LogP contribution < -0.4 is 0 Å². The molecule has 8 heteroatoms. The van der Waals surface area contributed by atoms with E-state index in [1.54, 1.807) is 42.2 Å². The number of aryl methyl sites for hydroxylation is 1. The minimum atomic E-state index is -3.92. The molecule has 0 fully saturated rings. The van der Waals surface area contributed by atoms with E-state index in [1.165, 1.54) is 0 Å². The topological polar surface area (TPSA) is 65.3 Å². The molecular weight excluding hydrogens is 456 g/mol. The average molecular weight is 481 g/mol. The Balaban J connectivity index is 1.78. The maximum atomic E-state index is 13.1. The zero-order valence-corrected chi connectivity index (χ0v) is 20.3. The van der Waals surface area contributed by atoms with Crippen molar-refractivity contribution < 1.29 is 8.42 Å². The smallest absolute Gasteiger partial charge is 0.285 e. The molecule has 0 aromatic heterocycles. The third-order valence-electron chi connectivity index (χ3n) is 5.38. The monoisotopic (exact) mass is 480 g/mol. The van der Waals surface area contributed by atoms with E-state index < -0.39 is 10.0 Å². The highest BCUT2D eigenvalue weighted by atomic mass is 35.5. The number of sulfonamides is 1. The Morgan fingerprint density at radius 1 is 1.03 bits per heavy atom. The predicted molar refractivity (Wildman–Crippen MR) is 133 cm³/mol. The summed E-state index contributed by atoms with van der Waals surface area (Å²) in [5, 5.41) is 7.14. The maximum Gasteiger partial charge on any atom is 0.285 e. The van der Waals surface area contributed by atoms with Gasteiger partial charge in [-0.2, -0.15) is 13.5 Å². The number of halogens is 1. The number of hydrazone groups is 1. The average Bonchev–Trinajstić information content (AvgIpc) is 3.23. The second-order valence-electron chi connectivity index (χ2n) is 8.11. The van der Waals surface area contributed by atoms with Gasteiger partial charge in [0.05, 0.1) is 17.2 Å². The van der Waals surface area contributed by atoms with E-state index in [2.05, 4.69) is 16.5 Å². The zero-order chi connectivity index (χ0) is 23.6. The van der Waals surface area contributed by atoms with Crippen LogP contribution in [0.15, 0.2) is 93.3 Å². The number of hydrogen-bond acceptors (Lipinski definition) is 3. The molecule has 1 unspecified atom stereocenters. The van der Waals surface area contributed by atoms with Crippen molar-refractivity contribution in [3.05, 3.63) is 101 Å².